The van der Waals surface area contributed by atoms with Crippen LogP contribution in [0.2, 0.25) is 5.02 Å². The van der Waals surface area contributed by atoms with Crippen LogP contribution in [-0.4, -0.2) is 32.3 Å². The zero-order chi connectivity index (χ0) is 18.2. The molecular weight excluding hydrogens is 357 g/mol. The number of rotatable bonds is 3. The first kappa shape index (κ1) is 18.0. The minimum Gasteiger partial charge on any atom is -0.299 e. The Morgan fingerprint density at radius 2 is 1.96 bits per heavy atom. The highest BCUT2D eigenvalue weighted by Crippen LogP contribution is 2.28. The van der Waals surface area contributed by atoms with E-state index in [0.29, 0.717) is 35.5 Å². The van der Waals surface area contributed by atoms with Crippen molar-refractivity contribution in [1.29, 1.82) is 0 Å². The van der Waals surface area contributed by atoms with E-state index in [-0.39, 0.29) is 6.04 Å². The molecule has 9 heteroatoms. The van der Waals surface area contributed by atoms with Crippen molar-refractivity contribution in [3.8, 4) is 0 Å². The Hall–Kier alpha value is -1.80. The van der Waals surface area contributed by atoms with Gasteiger partial charge in [0.1, 0.15) is 0 Å². The van der Waals surface area contributed by atoms with Crippen molar-refractivity contribution >= 4 is 11.6 Å². The fourth-order valence-corrected chi connectivity index (χ4v) is 3.37. The molecular formula is C16H18ClF3N4O. The maximum atomic E-state index is 12.9. The lowest BCUT2D eigenvalue weighted by Gasteiger charge is -2.31. The molecule has 1 fully saturated rings. The Bertz CT molecular complexity index is 806. The smallest absolute Gasteiger partial charge is 0.299 e. The van der Waals surface area contributed by atoms with E-state index in [1.54, 1.807) is 0 Å². The van der Waals surface area contributed by atoms with Crippen molar-refractivity contribution in [1.82, 2.24) is 19.2 Å². The fraction of sp³-hybridized carbons (Fsp3) is 0.500. The van der Waals surface area contributed by atoms with Crippen molar-refractivity contribution in [2.24, 2.45) is 7.05 Å². The molecule has 136 valence electrons. The summed E-state index contributed by atoms with van der Waals surface area (Å²) in [6.07, 6.45) is -3.48. The van der Waals surface area contributed by atoms with Gasteiger partial charge < -0.3 is 0 Å². The number of nitrogens with zero attached hydrogens (tertiary/aromatic N) is 4. The summed E-state index contributed by atoms with van der Waals surface area (Å²) in [4.78, 5) is 14.3. The summed E-state index contributed by atoms with van der Waals surface area (Å²) >= 11 is 5.98. The predicted octanol–water partition coefficient (Wildman–Crippen LogP) is 3.09. The van der Waals surface area contributed by atoms with Crippen LogP contribution >= 0.6 is 11.6 Å². The van der Waals surface area contributed by atoms with Crippen LogP contribution in [0.3, 0.4) is 0 Å². The van der Waals surface area contributed by atoms with E-state index in [9.17, 15) is 18.0 Å². The minimum absolute atomic E-state index is 0.314. The van der Waals surface area contributed by atoms with Crippen LogP contribution in [0.25, 0.3) is 0 Å². The normalized spacial score (nSPS) is 17.2. The van der Waals surface area contributed by atoms with E-state index in [2.05, 4.69) is 10.00 Å². The van der Waals surface area contributed by atoms with E-state index in [1.807, 2.05) is 24.3 Å². The molecule has 0 radical (unpaired) electrons. The molecule has 0 N–H and O–H groups in total. The number of aromatic nitrogens is 3. The van der Waals surface area contributed by atoms with E-state index in [1.165, 1.54) is 0 Å². The highest BCUT2D eigenvalue weighted by Gasteiger charge is 2.39. The van der Waals surface area contributed by atoms with Crippen molar-refractivity contribution in [3.05, 3.63) is 51.2 Å². The van der Waals surface area contributed by atoms with Crippen molar-refractivity contribution < 1.29 is 13.2 Å². The van der Waals surface area contributed by atoms with Gasteiger partial charge in [0, 0.05) is 31.7 Å². The number of halogens is 4. The second kappa shape index (κ2) is 6.84. The lowest BCUT2D eigenvalue weighted by atomic mass is 10.0. The molecule has 1 aromatic carbocycles. The van der Waals surface area contributed by atoms with E-state index < -0.39 is 17.7 Å². The van der Waals surface area contributed by atoms with Gasteiger partial charge >= 0.3 is 11.9 Å². The van der Waals surface area contributed by atoms with E-state index >= 15 is 0 Å². The SMILES string of the molecule is Cn1c(C(F)(F)F)nn(C2CCN(Cc3cccc(Cl)c3)CC2)c1=O. The maximum Gasteiger partial charge on any atom is 0.451 e. The van der Waals surface area contributed by atoms with E-state index in [0.717, 1.165) is 23.8 Å². The molecule has 0 aliphatic carbocycles. The monoisotopic (exact) mass is 374 g/mol. The lowest BCUT2D eigenvalue weighted by molar-refractivity contribution is -0.147. The van der Waals surface area contributed by atoms with Gasteiger partial charge in [0.25, 0.3) is 0 Å². The highest BCUT2D eigenvalue weighted by molar-refractivity contribution is 6.30. The van der Waals surface area contributed by atoms with Gasteiger partial charge in [-0.15, -0.1) is 5.10 Å². The number of hydrogen-bond acceptors (Lipinski definition) is 3. The van der Waals surface area contributed by atoms with Crippen LogP contribution in [0.4, 0.5) is 13.2 Å². The predicted molar refractivity (Wildman–Crippen MR) is 87.5 cm³/mol. The zero-order valence-corrected chi connectivity index (χ0v) is 14.4. The van der Waals surface area contributed by atoms with Gasteiger partial charge in [-0.1, -0.05) is 23.7 Å². The lowest BCUT2D eigenvalue weighted by Crippen LogP contribution is -2.37. The quantitative estimate of drug-likeness (QED) is 0.829. The number of hydrogen-bond donors (Lipinski definition) is 0. The first-order valence-electron chi connectivity index (χ1n) is 7.95. The number of alkyl halides is 3. The van der Waals surface area contributed by atoms with Crippen molar-refractivity contribution in [3.63, 3.8) is 0 Å². The van der Waals surface area contributed by atoms with Gasteiger partial charge in [0.15, 0.2) is 0 Å². The molecule has 0 amide bonds. The molecule has 2 aromatic rings. The second-order valence-corrected chi connectivity index (χ2v) is 6.68. The Morgan fingerprint density at radius 1 is 1.28 bits per heavy atom. The molecule has 1 aliphatic rings. The molecule has 3 rings (SSSR count). The van der Waals surface area contributed by atoms with Gasteiger partial charge in [-0.25, -0.2) is 9.48 Å². The van der Waals surface area contributed by atoms with E-state index in [4.69, 9.17) is 11.6 Å². The Morgan fingerprint density at radius 3 is 2.52 bits per heavy atom. The highest BCUT2D eigenvalue weighted by atomic mass is 35.5. The van der Waals surface area contributed by atoms with Crippen molar-refractivity contribution in [2.45, 2.75) is 31.6 Å². The molecule has 25 heavy (non-hydrogen) atoms. The Labute approximate surface area is 147 Å². The molecule has 0 spiro atoms. The number of piperidine rings is 1. The Balaban J connectivity index is 1.68. The molecule has 1 aliphatic heterocycles. The third kappa shape index (κ3) is 3.90. The number of benzene rings is 1. The van der Waals surface area contributed by atoms with Gasteiger partial charge in [0.2, 0.25) is 5.82 Å². The standard InChI is InChI=1S/C16H18ClF3N4O/c1-22-14(16(18,19)20)21-24(15(22)25)13-5-7-23(8-6-13)10-11-3-2-4-12(17)9-11/h2-4,9,13H,5-8,10H2,1H3. The summed E-state index contributed by atoms with van der Waals surface area (Å²) in [5.74, 6) is -1.15. The zero-order valence-electron chi connectivity index (χ0n) is 13.6. The van der Waals surface area contributed by atoms with Gasteiger partial charge in [-0.05, 0) is 30.5 Å². The van der Waals surface area contributed by atoms with Crippen molar-refractivity contribution in [2.75, 3.05) is 13.1 Å². The molecule has 0 saturated carbocycles. The second-order valence-electron chi connectivity index (χ2n) is 6.24. The first-order chi connectivity index (χ1) is 11.8. The summed E-state index contributed by atoms with van der Waals surface area (Å²) < 4.78 is 40.2. The van der Waals surface area contributed by atoms with Crippen LogP contribution in [0.15, 0.2) is 29.1 Å². The third-order valence-electron chi connectivity index (χ3n) is 4.45. The average molecular weight is 375 g/mol. The summed E-state index contributed by atoms with van der Waals surface area (Å²) in [6.45, 7) is 2.08. The van der Waals surface area contributed by atoms with Crippen LogP contribution in [0, 0.1) is 0 Å². The van der Waals surface area contributed by atoms with Crippen LogP contribution in [0.5, 0.6) is 0 Å². The molecule has 0 bridgehead atoms. The van der Waals surface area contributed by atoms with Crippen LogP contribution in [0.1, 0.15) is 30.3 Å². The maximum absolute atomic E-state index is 12.9. The summed E-state index contributed by atoms with van der Waals surface area (Å²) in [7, 11) is 1.10. The molecule has 5 nitrogen and oxygen atoms in total. The first-order valence-corrected chi connectivity index (χ1v) is 8.33. The summed E-state index contributed by atoms with van der Waals surface area (Å²) in [5, 5.41) is 4.20. The minimum atomic E-state index is -4.63. The molecule has 0 unspecified atom stereocenters. The molecule has 0 atom stereocenters. The molecule has 1 saturated heterocycles. The summed E-state index contributed by atoms with van der Waals surface area (Å²) in [6, 6.07) is 7.26. The average Bonchev–Trinajstić information content (AvgIpc) is 2.84. The Kier molecular flexibility index (Phi) is 4.92. The van der Waals surface area contributed by atoms with Gasteiger partial charge in [-0.2, -0.15) is 13.2 Å². The number of likely N-dealkylation sites (tertiary alicyclic amines) is 1. The van der Waals surface area contributed by atoms with Crippen LogP contribution in [-0.2, 0) is 19.8 Å². The molecule has 1 aromatic heterocycles. The fourth-order valence-electron chi connectivity index (χ4n) is 3.16. The summed E-state index contributed by atoms with van der Waals surface area (Å²) in [5.41, 5.74) is 0.362. The largest absolute Gasteiger partial charge is 0.451 e. The van der Waals surface area contributed by atoms with Gasteiger partial charge in [-0.3, -0.25) is 9.47 Å². The third-order valence-corrected chi connectivity index (χ3v) is 4.69. The topological polar surface area (TPSA) is 43.1 Å². The van der Waals surface area contributed by atoms with Crippen LogP contribution < -0.4 is 5.69 Å². The van der Waals surface area contributed by atoms with Gasteiger partial charge in [0.05, 0.1) is 6.04 Å². The molecule has 2 heterocycles.